The summed E-state index contributed by atoms with van der Waals surface area (Å²) in [4.78, 5) is 13.3. The summed E-state index contributed by atoms with van der Waals surface area (Å²) in [6.45, 7) is 3.03. The molecule has 1 fully saturated rings. The summed E-state index contributed by atoms with van der Waals surface area (Å²) in [5, 5.41) is 2.71. The van der Waals surface area contributed by atoms with Gasteiger partial charge < -0.3 is 5.32 Å². The van der Waals surface area contributed by atoms with Gasteiger partial charge in [-0.25, -0.2) is 4.79 Å². The summed E-state index contributed by atoms with van der Waals surface area (Å²) in [5.74, 6) is 0. The van der Waals surface area contributed by atoms with Crippen molar-refractivity contribution in [2.75, 3.05) is 18.0 Å². The van der Waals surface area contributed by atoms with Gasteiger partial charge in [-0.3, -0.25) is 9.45 Å². The number of hydrogen-bond acceptors (Lipinski definition) is 3. The number of carbonyl (C=O) groups excluding carboxylic acids is 1. The first-order chi connectivity index (χ1) is 11.4. The second kappa shape index (κ2) is 6.26. The van der Waals surface area contributed by atoms with Crippen LogP contribution in [0.3, 0.4) is 0 Å². The molecule has 0 saturated carbocycles. The lowest BCUT2D eigenvalue weighted by Crippen LogP contribution is -2.27. The molecule has 2 aromatic carbocycles. The molecule has 2 aromatic rings. The lowest BCUT2D eigenvalue weighted by atomic mass is 9.97. The Morgan fingerprint density at radius 1 is 1.17 bits per heavy atom. The van der Waals surface area contributed by atoms with Crippen molar-refractivity contribution in [3.8, 4) is 11.1 Å². The average molecular weight is 346 g/mol. The molecule has 24 heavy (non-hydrogen) atoms. The van der Waals surface area contributed by atoms with Crippen LogP contribution >= 0.6 is 0 Å². The van der Waals surface area contributed by atoms with Crippen LogP contribution in [0.2, 0.25) is 0 Å². The van der Waals surface area contributed by atoms with Gasteiger partial charge in [0.25, 0.3) is 10.1 Å². The van der Waals surface area contributed by atoms with Crippen LogP contribution in [0.25, 0.3) is 11.1 Å². The van der Waals surface area contributed by atoms with Crippen LogP contribution in [0.5, 0.6) is 0 Å². The molecular weight excluding hydrogens is 328 g/mol. The average Bonchev–Trinajstić information content (AvgIpc) is 2.99. The molecule has 1 aliphatic heterocycles. The van der Waals surface area contributed by atoms with Gasteiger partial charge in [0.2, 0.25) is 0 Å². The number of nitrogens with zero attached hydrogens (tertiary/aromatic N) is 1. The second-order valence-electron chi connectivity index (χ2n) is 5.55. The molecule has 0 aromatic heterocycles. The molecule has 2 N–H and O–H groups in total. The maximum atomic E-state index is 11.9. The van der Waals surface area contributed by atoms with E-state index in [4.69, 9.17) is 0 Å². The normalized spacial score (nSPS) is 14.8. The van der Waals surface area contributed by atoms with Crippen molar-refractivity contribution in [3.05, 3.63) is 48.0 Å². The van der Waals surface area contributed by atoms with Crippen molar-refractivity contribution in [2.24, 2.45) is 0 Å². The number of hydrogen-bond donors (Lipinski definition) is 2. The smallest absolute Gasteiger partial charge is 0.321 e. The fraction of sp³-hybridized carbons (Fsp3) is 0.235. The molecule has 7 heteroatoms. The van der Waals surface area contributed by atoms with Crippen LogP contribution < -0.4 is 10.2 Å². The Morgan fingerprint density at radius 3 is 2.54 bits per heavy atom. The number of carbonyl (C=O) groups is 1. The highest BCUT2D eigenvalue weighted by Gasteiger charge is 2.24. The zero-order valence-corrected chi connectivity index (χ0v) is 14.0. The molecule has 1 heterocycles. The SMILES string of the molecule is CCc1ccccc1-c1cc(N2CCNC2=O)ccc1S(=O)(=O)O. The lowest BCUT2D eigenvalue weighted by molar-refractivity contribution is 0.252. The van der Waals surface area contributed by atoms with Crippen LogP contribution in [0, 0.1) is 0 Å². The second-order valence-corrected chi connectivity index (χ2v) is 6.94. The lowest BCUT2D eigenvalue weighted by Gasteiger charge is -2.18. The molecule has 0 spiro atoms. The summed E-state index contributed by atoms with van der Waals surface area (Å²) >= 11 is 0. The van der Waals surface area contributed by atoms with E-state index in [1.165, 1.54) is 12.1 Å². The van der Waals surface area contributed by atoms with E-state index < -0.39 is 10.1 Å². The fourth-order valence-electron chi connectivity index (χ4n) is 2.93. The molecule has 0 atom stereocenters. The summed E-state index contributed by atoms with van der Waals surface area (Å²) < 4.78 is 33.2. The van der Waals surface area contributed by atoms with Gasteiger partial charge in [-0.2, -0.15) is 8.42 Å². The van der Waals surface area contributed by atoms with E-state index in [0.717, 1.165) is 17.5 Å². The zero-order chi connectivity index (χ0) is 17.3. The fourth-order valence-corrected chi connectivity index (χ4v) is 3.62. The molecule has 6 nitrogen and oxygen atoms in total. The first-order valence-corrected chi connectivity index (χ1v) is 9.11. The van der Waals surface area contributed by atoms with Gasteiger partial charge in [0.15, 0.2) is 0 Å². The van der Waals surface area contributed by atoms with E-state index in [1.54, 1.807) is 11.0 Å². The third kappa shape index (κ3) is 3.00. The van der Waals surface area contributed by atoms with E-state index in [9.17, 15) is 17.8 Å². The minimum atomic E-state index is -4.38. The molecular formula is C17H18N2O4S. The monoisotopic (exact) mass is 346 g/mol. The minimum absolute atomic E-state index is 0.160. The highest BCUT2D eigenvalue weighted by molar-refractivity contribution is 7.86. The van der Waals surface area contributed by atoms with Gasteiger partial charge in [0.1, 0.15) is 4.90 Å². The molecule has 126 valence electrons. The maximum Gasteiger partial charge on any atom is 0.321 e. The summed E-state index contributed by atoms with van der Waals surface area (Å²) in [5.41, 5.74) is 2.69. The number of amides is 2. The van der Waals surface area contributed by atoms with Crippen LogP contribution in [-0.2, 0) is 16.5 Å². The summed E-state index contributed by atoms with van der Waals surface area (Å²) in [6.07, 6.45) is 0.718. The van der Waals surface area contributed by atoms with Crippen molar-refractivity contribution >= 4 is 21.8 Å². The van der Waals surface area contributed by atoms with E-state index in [-0.39, 0.29) is 10.9 Å². The van der Waals surface area contributed by atoms with Crippen molar-refractivity contribution in [2.45, 2.75) is 18.2 Å². The van der Waals surface area contributed by atoms with E-state index in [0.29, 0.717) is 24.3 Å². The maximum absolute atomic E-state index is 11.9. The molecule has 0 aliphatic carbocycles. The van der Waals surface area contributed by atoms with Crippen molar-refractivity contribution in [1.82, 2.24) is 5.32 Å². The Hall–Kier alpha value is -2.38. The molecule has 0 bridgehead atoms. The first-order valence-electron chi connectivity index (χ1n) is 7.67. The topological polar surface area (TPSA) is 86.7 Å². The van der Waals surface area contributed by atoms with Gasteiger partial charge in [-0.15, -0.1) is 0 Å². The van der Waals surface area contributed by atoms with E-state index in [2.05, 4.69) is 5.32 Å². The quantitative estimate of drug-likeness (QED) is 0.833. The number of rotatable bonds is 4. The predicted molar refractivity (Wildman–Crippen MR) is 91.8 cm³/mol. The number of aryl methyl sites for hydroxylation is 1. The number of benzene rings is 2. The zero-order valence-electron chi connectivity index (χ0n) is 13.2. The molecule has 2 amide bonds. The number of urea groups is 1. The Balaban J connectivity index is 2.22. The number of nitrogens with one attached hydrogen (secondary N) is 1. The molecule has 0 unspecified atom stereocenters. The highest BCUT2D eigenvalue weighted by atomic mass is 32.2. The molecule has 0 radical (unpaired) electrons. The van der Waals surface area contributed by atoms with Gasteiger partial charge in [0, 0.05) is 24.3 Å². The van der Waals surface area contributed by atoms with Crippen molar-refractivity contribution < 1.29 is 17.8 Å². The Labute approximate surface area is 140 Å². The van der Waals surface area contributed by atoms with E-state index >= 15 is 0 Å². The number of anilines is 1. The summed E-state index contributed by atoms with van der Waals surface area (Å²) in [6, 6.07) is 11.7. The van der Waals surface area contributed by atoms with E-state index in [1.807, 2.05) is 31.2 Å². The molecule has 3 rings (SSSR count). The standard InChI is InChI=1S/C17H18N2O4S/c1-2-12-5-3-4-6-14(12)15-11-13(19-10-9-18-17(19)20)7-8-16(15)24(21,22)23/h3-8,11H,2,9-10H2,1H3,(H,18,20)(H,21,22,23). The Morgan fingerprint density at radius 2 is 1.92 bits per heavy atom. The largest absolute Gasteiger partial charge is 0.336 e. The molecule has 1 aliphatic rings. The van der Waals surface area contributed by atoms with Gasteiger partial charge in [0.05, 0.1) is 0 Å². The Kier molecular flexibility index (Phi) is 4.29. The molecule has 1 saturated heterocycles. The van der Waals surface area contributed by atoms with Gasteiger partial charge in [-0.05, 0) is 35.7 Å². The predicted octanol–water partition coefficient (Wildman–Crippen LogP) is 2.69. The van der Waals surface area contributed by atoms with Crippen LogP contribution in [0.1, 0.15) is 12.5 Å². The summed E-state index contributed by atoms with van der Waals surface area (Å²) in [7, 11) is -4.38. The van der Waals surface area contributed by atoms with Crippen LogP contribution in [0.4, 0.5) is 10.5 Å². The van der Waals surface area contributed by atoms with Gasteiger partial charge >= 0.3 is 6.03 Å². The third-order valence-electron chi connectivity index (χ3n) is 4.10. The minimum Gasteiger partial charge on any atom is -0.336 e. The third-order valence-corrected chi connectivity index (χ3v) is 5.01. The van der Waals surface area contributed by atoms with Crippen LogP contribution in [-0.4, -0.2) is 32.1 Å². The van der Waals surface area contributed by atoms with Crippen LogP contribution in [0.15, 0.2) is 47.4 Å². The van der Waals surface area contributed by atoms with Gasteiger partial charge in [-0.1, -0.05) is 31.2 Å². The van der Waals surface area contributed by atoms with Crippen molar-refractivity contribution in [1.29, 1.82) is 0 Å². The highest BCUT2D eigenvalue weighted by Crippen LogP contribution is 2.34. The van der Waals surface area contributed by atoms with Crippen molar-refractivity contribution in [3.63, 3.8) is 0 Å². The Bertz CT molecular complexity index is 893. The first kappa shape index (κ1) is 16.5.